The van der Waals surface area contributed by atoms with Crippen molar-refractivity contribution in [1.82, 2.24) is 4.90 Å². The van der Waals surface area contributed by atoms with E-state index in [-0.39, 0.29) is 0 Å². The Bertz CT molecular complexity index is 204. The Labute approximate surface area is 104 Å². The average Bonchev–Trinajstić information content (AvgIpc) is 2.84. The first kappa shape index (κ1) is 12.7. The molecule has 1 saturated heterocycles. The quantitative estimate of drug-likeness (QED) is 0.820. The van der Waals surface area contributed by atoms with Crippen LogP contribution in [0.4, 0.5) is 0 Å². The lowest BCUT2D eigenvalue weighted by Crippen LogP contribution is -2.50. The van der Waals surface area contributed by atoms with Crippen LogP contribution in [0.15, 0.2) is 0 Å². The van der Waals surface area contributed by atoms with Gasteiger partial charge in [-0.3, -0.25) is 4.90 Å². The smallest absolute Gasteiger partial charge is 0.0247 e. The summed E-state index contributed by atoms with van der Waals surface area (Å²) in [5.41, 5.74) is 6.02. The largest absolute Gasteiger partial charge is 0.329 e. The zero-order valence-electron chi connectivity index (χ0n) is 10.5. The van der Waals surface area contributed by atoms with Gasteiger partial charge in [-0.1, -0.05) is 19.8 Å². The van der Waals surface area contributed by atoms with Crippen molar-refractivity contribution >= 4 is 11.8 Å². The highest BCUT2D eigenvalue weighted by molar-refractivity contribution is 8.00. The Morgan fingerprint density at radius 1 is 1.38 bits per heavy atom. The molecule has 1 aliphatic heterocycles. The van der Waals surface area contributed by atoms with Crippen molar-refractivity contribution in [2.24, 2.45) is 11.7 Å². The topological polar surface area (TPSA) is 29.3 Å². The maximum absolute atomic E-state index is 6.02. The third kappa shape index (κ3) is 2.93. The Kier molecular flexibility index (Phi) is 4.98. The molecule has 2 aliphatic rings. The number of hydrogen-bond acceptors (Lipinski definition) is 3. The van der Waals surface area contributed by atoms with Crippen LogP contribution in [0.5, 0.6) is 0 Å². The van der Waals surface area contributed by atoms with Gasteiger partial charge in [-0.15, -0.1) is 0 Å². The highest BCUT2D eigenvalue weighted by atomic mass is 32.2. The van der Waals surface area contributed by atoms with E-state index >= 15 is 0 Å². The predicted octanol–water partition coefficient (Wildman–Crippen LogP) is 2.33. The maximum Gasteiger partial charge on any atom is 0.0247 e. The predicted molar refractivity (Wildman–Crippen MR) is 72.9 cm³/mol. The molecule has 0 amide bonds. The molecule has 3 heteroatoms. The molecule has 2 N–H and O–H groups in total. The second-order valence-corrected chi connectivity index (χ2v) is 6.65. The summed E-state index contributed by atoms with van der Waals surface area (Å²) in [6, 6.07) is 0.678. The van der Waals surface area contributed by atoms with E-state index in [1.807, 2.05) is 0 Å². The van der Waals surface area contributed by atoms with Crippen LogP contribution < -0.4 is 5.73 Å². The summed E-state index contributed by atoms with van der Waals surface area (Å²) in [5.74, 6) is 2.20. The lowest BCUT2D eigenvalue weighted by atomic mass is 9.96. The van der Waals surface area contributed by atoms with Gasteiger partial charge in [0, 0.05) is 36.7 Å². The molecule has 1 heterocycles. The molecule has 0 spiro atoms. The molecule has 2 fully saturated rings. The van der Waals surface area contributed by atoms with Gasteiger partial charge in [0.25, 0.3) is 0 Å². The van der Waals surface area contributed by atoms with Crippen molar-refractivity contribution in [1.29, 1.82) is 0 Å². The fourth-order valence-corrected chi connectivity index (χ4v) is 4.48. The van der Waals surface area contributed by atoms with Crippen LogP contribution in [0.25, 0.3) is 0 Å². The van der Waals surface area contributed by atoms with Gasteiger partial charge in [0.1, 0.15) is 0 Å². The second-order valence-electron chi connectivity index (χ2n) is 5.24. The molecule has 1 saturated carbocycles. The number of thioether (sulfide) groups is 1. The molecule has 2 atom stereocenters. The second kappa shape index (κ2) is 6.27. The van der Waals surface area contributed by atoms with Gasteiger partial charge in [0.15, 0.2) is 0 Å². The molecule has 0 bridgehead atoms. The minimum Gasteiger partial charge on any atom is -0.329 e. The molecule has 2 rings (SSSR count). The van der Waals surface area contributed by atoms with Crippen molar-refractivity contribution in [2.45, 2.75) is 50.3 Å². The van der Waals surface area contributed by atoms with Gasteiger partial charge in [-0.05, 0) is 25.2 Å². The van der Waals surface area contributed by atoms with E-state index in [9.17, 15) is 0 Å². The lowest BCUT2D eigenvalue weighted by Gasteiger charge is -2.40. The Morgan fingerprint density at radius 2 is 2.12 bits per heavy atom. The van der Waals surface area contributed by atoms with Crippen LogP contribution in [0.3, 0.4) is 0 Å². The minimum absolute atomic E-state index is 0.678. The van der Waals surface area contributed by atoms with E-state index in [1.54, 1.807) is 0 Å². The first-order chi connectivity index (χ1) is 7.85. The van der Waals surface area contributed by atoms with E-state index in [1.165, 1.54) is 50.9 Å². The minimum atomic E-state index is 0.678. The first-order valence-electron chi connectivity index (χ1n) is 6.90. The van der Waals surface area contributed by atoms with Gasteiger partial charge in [-0.25, -0.2) is 0 Å². The zero-order chi connectivity index (χ0) is 11.4. The van der Waals surface area contributed by atoms with E-state index in [0.29, 0.717) is 6.04 Å². The van der Waals surface area contributed by atoms with E-state index in [4.69, 9.17) is 5.73 Å². The Morgan fingerprint density at radius 3 is 2.75 bits per heavy atom. The van der Waals surface area contributed by atoms with E-state index < -0.39 is 0 Å². The Balaban J connectivity index is 1.91. The maximum atomic E-state index is 6.02. The highest BCUT2D eigenvalue weighted by Crippen LogP contribution is 2.32. The third-order valence-electron chi connectivity index (χ3n) is 4.28. The van der Waals surface area contributed by atoms with Crippen molar-refractivity contribution in [3.63, 3.8) is 0 Å². The van der Waals surface area contributed by atoms with Crippen LogP contribution in [0.1, 0.15) is 39.0 Å². The van der Waals surface area contributed by atoms with E-state index in [2.05, 4.69) is 23.6 Å². The summed E-state index contributed by atoms with van der Waals surface area (Å²) in [7, 11) is 0. The summed E-state index contributed by atoms with van der Waals surface area (Å²) in [5, 5.41) is 0.851. The summed E-state index contributed by atoms with van der Waals surface area (Å²) >= 11 is 2.15. The number of rotatable bonds is 4. The number of nitrogens with two attached hydrogens (primary N) is 1. The van der Waals surface area contributed by atoms with Gasteiger partial charge in [-0.2, -0.15) is 11.8 Å². The van der Waals surface area contributed by atoms with Crippen LogP contribution >= 0.6 is 11.8 Å². The van der Waals surface area contributed by atoms with Gasteiger partial charge < -0.3 is 5.73 Å². The molecule has 2 nitrogen and oxygen atoms in total. The number of hydrogen-bond donors (Lipinski definition) is 1. The summed E-state index contributed by atoms with van der Waals surface area (Å²) in [4.78, 5) is 2.70. The third-order valence-corrected chi connectivity index (χ3v) is 5.65. The van der Waals surface area contributed by atoms with Gasteiger partial charge in [0.05, 0.1) is 0 Å². The van der Waals surface area contributed by atoms with Gasteiger partial charge >= 0.3 is 0 Å². The standard InChI is InChI=1S/C13H26N2S/c1-2-12-10-15(7-8-16-12)13(9-14)11-5-3-4-6-11/h11-13H,2-10,14H2,1H3. The lowest BCUT2D eigenvalue weighted by molar-refractivity contribution is 0.151. The molecule has 0 aromatic rings. The number of nitrogens with zero attached hydrogens (tertiary/aromatic N) is 1. The van der Waals surface area contributed by atoms with Crippen molar-refractivity contribution in [2.75, 3.05) is 25.4 Å². The molecule has 1 aliphatic carbocycles. The fourth-order valence-electron chi connectivity index (χ4n) is 3.27. The van der Waals surface area contributed by atoms with Crippen LogP contribution in [-0.4, -0.2) is 41.6 Å². The summed E-state index contributed by atoms with van der Waals surface area (Å²) < 4.78 is 0. The molecule has 0 aromatic heterocycles. The first-order valence-corrected chi connectivity index (χ1v) is 7.95. The van der Waals surface area contributed by atoms with Crippen LogP contribution in [0.2, 0.25) is 0 Å². The van der Waals surface area contributed by atoms with Gasteiger partial charge in [0.2, 0.25) is 0 Å². The Hall–Kier alpha value is 0.270. The molecular weight excluding hydrogens is 216 g/mol. The van der Waals surface area contributed by atoms with Crippen molar-refractivity contribution in [3.8, 4) is 0 Å². The fraction of sp³-hybridized carbons (Fsp3) is 1.00. The van der Waals surface area contributed by atoms with Crippen LogP contribution in [-0.2, 0) is 0 Å². The van der Waals surface area contributed by atoms with Crippen molar-refractivity contribution in [3.05, 3.63) is 0 Å². The summed E-state index contributed by atoms with van der Waals surface area (Å²) in [6.45, 7) is 5.72. The van der Waals surface area contributed by atoms with Crippen LogP contribution in [0, 0.1) is 5.92 Å². The van der Waals surface area contributed by atoms with Crippen molar-refractivity contribution < 1.29 is 0 Å². The molecule has 0 radical (unpaired) electrons. The molecule has 94 valence electrons. The molecule has 2 unspecified atom stereocenters. The molecule has 16 heavy (non-hydrogen) atoms. The van der Waals surface area contributed by atoms with E-state index in [0.717, 1.165) is 17.7 Å². The molecule has 0 aromatic carbocycles. The summed E-state index contributed by atoms with van der Waals surface area (Å²) in [6.07, 6.45) is 7.01. The SMILES string of the molecule is CCC1CN(C(CN)C2CCCC2)CCS1. The molecular formula is C13H26N2S. The zero-order valence-corrected chi connectivity index (χ0v) is 11.3. The normalized spacial score (nSPS) is 30.8. The monoisotopic (exact) mass is 242 g/mol. The highest BCUT2D eigenvalue weighted by Gasteiger charge is 2.31. The average molecular weight is 242 g/mol.